The summed E-state index contributed by atoms with van der Waals surface area (Å²) >= 11 is 0. The normalized spacial score (nSPS) is 10.7. The Morgan fingerprint density at radius 3 is 2.70 bits per heavy atom. The van der Waals surface area contributed by atoms with Crippen molar-refractivity contribution < 1.29 is 13.9 Å². The van der Waals surface area contributed by atoms with E-state index in [9.17, 15) is 9.18 Å². The molecular formula is C15H23FN2O2. The third-order valence-electron chi connectivity index (χ3n) is 3.02. The van der Waals surface area contributed by atoms with Gasteiger partial charge in [0.1, 0.15) is 5.82 Å². The van der Waals surface area contributed by atoms with E-state index in [1.807, 2.05) is 20.8 Å². The highest BCUT2D eigenvalue weighted by Gasteiger charge is 2.22. The summed E-state index contributed by atoms with van der Waals surface area (Å²) in [6.45, 7) is 7.22. The number of hydrogen-bond acceptors (Lipinski definition) is 3. The molecule has 5 heteroatoms. The Balaban J connectivity index is 3.08. The lowest BCUT2D eigenvalue weighted by atomic mass is 10.1. The first-order valence-electron chi connectivity index (χ1n) is 6.85. The van der Waals surface area contributed by atoms with Gasteiger partial charge in [0, 0.05) is 26.2 Å². The van der Waals surface area contributed by atoms with Crippen molar-refractivity contribution in [3.8, 4) is 0 Å². The standard InChI is InChI=1S/C15H23FN2O2/c1-5-17-14-12(7-6-8-13(14)16)15(19)18(11(2)3)9-10-20-4/h6-8,11,17H,5,9-10H2,1-4H3. The van der Waals surface area contributed by atoms with Crippen LogP contribution in [0.5, 0.6) is 0 Å². The van der Waals surface area contributed by atoms with Crippen molar-refractivity contribution in [3.05, 3.63) is 29.6 Å². The minimum atomic E-state index is -0.409. The number of ether oxygens (including phenoxy) is 1. The second-order valence-electron chi connectivity index (χ2n) is 4.78. The molecule has 1 rings (SSSR count). The molecule has 1 aromatic carbocycles. The van der Waals surface area contributed by atoms with Crippen LogP contribution in [0.15, 0.2) is 18.2 Å². The number of para-hydroxylation sites is 1. The van der Waals surface area contributed by atoms with Crippen molar-refractivity contribution in [1.82, 2.24) is 4.90 Å². The molecule has 0 fully saturated rings. The number of nitrogens with zero attached hydrogens (tertiary/aromatic N) is 1. The monoisotopic (exact) mass is 282 g/mol. The van der Waals surface area contributed by atoms with Crippen molar-refractivity contribution in [2.24, 2.45) is 0 Å². The zero-order valence-corrected chi connectivity index (χ0v) is 12.6. The number of rotatable bonds is 7. The second-order valence-corrected chi connectivity index (χ2v) is 4.78. The summed E-state index contributed by atoms with van der Waals surface area (Å²) in [5, 5.41) is 2.92. The molecule has 0 unspecified atom stereocenters. The summed E-state index contributed by atoms with van der Waals surface area (Å²) in [7, 11) is 1.59. The topological polar surface area (TPSA) is 41.6 Å². The summed E-state index contributed by atoms with van der Waals surface area (Å²) < 4.78 is 18.9. The Morgan fingerprint density at radius 2 is 2.15 bits per heavy atom. The molecule has 20 heavy (non-hydrogen) atoms. The lowest BCUT2D eigenvalue weighted by Crippen LogP contribution is -2.39. The number of methoxy groups -OCH3 is 1. The third kappa shape index (κ3) is 3.93. The van der Waals surface area contributed by atoms with Gasteiger partial charge in [0.25, 0.3) is 5.91 Å². The summed E-state index contributed by atoms with van der Waals surface area (Å²) in [5.74, 6) is -0.597. The Hall–Kier alpha value is -1.62. The van der Waals surface area contributed by atoms with Crippen molar-refractivity contribution in [1.29, 1.82) is 0 Å². The van der Waals surface area contributed by atoms with Crippen LogP contribution in [-0.2, 0) is 4.74 Å². The van der Waals surface area contributed by atoms with Crippen molar-refractivity contribution in [3.63, 3.8) is 0 Å². The fourth-order valence-corrected chi connectivity index (χ4v) is 2.00. The van der Waals surface area contributed by atoms with Crippen molar-refractivity contribution in [2.45, 2.75) is 26.8 Å². The fraction of sp³-hybridized carbons (Fsp3) is 0.533. The Kier molecular flexibility index (Phi) is 6.45. The van der Waals surface area contributed by atoms with E-state index in [0.29, 0.717) is 25.3 Å². The molecule has 1 N–H and O–H groups in total. The highest BCUT2D eigenvalue weighted by atomic mass is 19.1. The van der Waals surface area contributed by atoms with Gasteiger partial charge in [-0.3, -0.25) is 4.79 Å². The Labute approximate surface area is 119 Å². The minimum absolute atomic E-state index is 0.0235. The smallest absolute Gasteiger partial charge is 0.256 e. The van der Waals surface area contributed by atoms with Gasteiger partial charge in [-0.05, 0) is 32.9 Å². The van der Waals surface area contributed by atoms with Crippen molar-refractivity contribution >= 4 is 11.6 Å². The molecule has 0 aromatic heterocycles. The summed E-state index contributed by atoms with van der Waals surface area (Å²) in [6, 6.07) is 4.57. The van der Waals surface area contributed by atoms with E-state index >= 15 is 0 Å². The molecule has 1 amide bonds. The molecule has 0 bridgehead atoms. The molecular weight excluding hydrogens is 259 g/mol. The molecule has 0 aliphatic heterocycles. The maximum absolute atomic E-state index is 13.9. The number of halogens is 1. The molecule has 0 atom stereocenters. The Morgan fingerprint density at radius 1 is 1.45 bits per heavy atom. The number of nitrogens with one attached hydrogen (secondary N) is 1. The van der Waals surface area contributed by atoms with Gasteiger partial charge >= 0.3 is 0 Å². The van der Waals surface area contributed by atoms with Gasteiger partial charge in [0.15, 0.2) is 0 Å². The van der Waals surface area contributed by atoms with Gasteiger partial charge in [-0.2, -0.15) is 0 Å². The molecule has 4 nitrogen and oxygen atoms in total. The van der Waals surface area contributed by atoms with Crippen LogP contribution in [0.4, 0.5) is 10.1 Å². The highest BCUT2D eigenvalue weighted by molar-refractivity contribution is 5.99. The maximum atomic E-state index is 13.9. The quantitative estimate of drug-likeness (QED) is 0.836. The van der Waals surface area contributed by atoms with Gasteiger partial charge in [0.2, 0.25) is 0 Å². The van der Waals surface area contributed by atoms with Crippen LogP contribution in [0.2, 0.25) is 0 Å². The lowest BCUT2D eigenvalue weighted by molar-refractivity contribution is 0.0635. The van der Waals surface area contributed by atoms with E-state index in [0.717, 1.165) is 0 Å². The molecule has 0 aliphatic rings. The number of hydrogen-bond donors (Lipinski definition) is 1. The molecule has 1 aromatic rings. The number of carbonyl (C=O) groups is 1. The molecule has 112 valence electrons. The maximum Gasteiger partial charge on any atom is 0.256 e. The van der Waals surface area contributed by atoms with Gasteiger partial charge in [-0.15, -0.1) is 0 Å². The molecule has 0 saturated heterocycles. The average Bonchev–Trinajstić information content (AvgIpc) is 2.41. The minimum Gasteiger partial charge on any atom is -0.383 e. The van der Waals surface area contributed by atoms with Crippen LogP contribution >= 0.6 is 0 Å². The summed E-state index contributed by atoms with van der Waals surface area (Å²) in [6.07, 6.45) is 0. The average molecular weight is 282 g/mol. The van der Waals surface area contributed by atoms with Gasteiger partial charge < -0.3 is 15.0 Å². The number of amides is 1. The number of carbonyl (C=O) groups excluding carboxylic acids is 1. The predicted molar refractivity (Wildman–Crippen MR) is 78.6 cm³/mol. The fourth-order valence-electron chi connectivity index (χ4n) is 2.00. The SMILES string of the molecule is CCNc1c(F)cccc1C(=O)N(CCOC)C(C)C. The number of anilines is 1. The van der Waals surface area contributed by atoms with Crippen LogP contribution in [0.25, 0.3) is 0 Å². The first kappa shape index (κ1) is 16.4. The molecule has 0 spiro atoms. The third-order valence-corrected chi connectivity index (χ3v) is 3.02. The zero-order chi connectivity index (χ0) is 15.1. The predicted octanol–water partition coefficient (Wildman–Crippen LogP) is 2.75. The van der Waals surface area contributed by atoms with E-state index < -0.39 is 5.82 Å². The van der Waals surface area contributed by atoms with Crippen LogP contribution in [0.3, 0.4) is 0 Å². The zero-order valence-electron chi connectivity index (χ0n) is 12.6. The lowest BCUT2D eigenvalue weighted by Gasteiger charge is -2.27. The van der Waals surface area contributed by atoms with E-state index in [1.54, 1.807) is 24.1 Å². The second kappa shape index (κ2) is 7.85. The van der Waals surface area contributed by atoms with Gasteiger partial charge in [-0.1, -0.05) is 6.07 Å². The Bertz CT molecular complexity index is 449. The van der Waals surface area contributed by atoms with E-state index in [-0.39, 0.29) is 17.6 Å². The molecule has 0 aliphatic carbocycles. The molecule has 0 saturated carbocycles. The van der Waals surface area contributed by atoms with Crippen LogP contribution in [0, 0.1) is 5.82 Å². The van der Waals surface area contributed by atoms with E-state index in [4.69, 9.17) is 4.74 Å². The van der Waals surface area contributed by atoms with Crippen LogP contribution < -0.4 is 5.32 Å². The number of benzene rings is 1. The molecule has 0 radical (unpaired) electrons. The largest absolute Gasteiger partial charge is 0.383 e. The van der Waals surface area contributed by atoms with Crippen molar-refractivity contribution in [2.75, 3.05) is 32.1 Å². The first-order valence-corrected chi connectivity index (χ1v) is 6.85. The van der Waals surface area contributed by atoms with Crippen LogP contribution in [-0.4, -0.2) is 43.7 Å². The van der Waals surface area contributed by atoms with E-state index in [1.165, 1.54) is 6.07 Å². The van der Waals surface area contributed by atoms with E-state index in [2.05, 4.69) is 5.32 Å². The first-order chi connectivity index (χ1) is 9.52. The highest BCUT2D eigenvalue weighted by Crippen LogP contribution is 2.22. The van der Waals surface area contributed by atoms with Gasteiger partial charge in [-0.25, -0.2) is 4.39 Å². The summed E-state index contributed by atoms with van der Waals surface area (Å²) in [4.78, 5) is 14.3. The summed E-state index contributed by atoms with van der Waals surface area (Å²) in [5.41, 5.74) is 0.625. The van der Waals surface area contributed by atoms with Gasteiger partial charge in [0.05, 0.1) is 17.9 Å². The van der Waals surface area contributed by atoms with Crippen LogP contribution in [0.1, 0.15) is 31.1 Å². The molecule has 0 heterocycles.